The molecule has 21 heavy (non-hydrogen) atoms. The number of aromatic carboxylic acids is 1. The molecule has 1 aromatic carbocycles. The van der Waals surface area contributed by atoms with E-state index in [1.165, 1.54) is 6.07 Å². The molecule has 2 rings (SSSR count). The van der Waals surface area contributed by atoms with Crippen LogP contribution in [0.15, 0.2) is 18.2 Å². The van der Waals surface area contributed by atoms with Gasteiger partial charge in [0.15, 0.2) is 0 Å². The van der Waals surface area contributed by atoms with Crippen LogP contribution in [-0.2, 0) is 6.18 Å². The average molecular weight is 319 g/mol. The molecule has 0 radical (unpaired) electrons. The molecule has 7 heteroatoms. The number of carbonyl (C=O) groups is 1. The van der Waals surface area contributed by atoms with Gasteiger partial charge in [0.2, 0.25) is 0 Å². The third-order valence-corrected chi connectivity index (χ3v) is 4.55. The van der Waals surface area contributed by atoms with Crippen LogP contribution in [0.1, 0.15) is 28.8 Å². The number of anilines is 1. The van der Waals surface area contributed by atoms with Crippen molar-refractivity contribution in [3.05, 3.63) is 29.3 Å². The van der Waals surface area contributed by atoms with Gasteiger partial charge in [-0.3, -0.25) is 0 Å². The van der Waals surface area contributed by atoms with E-state index in [-0.39, 0.29) is 11.3 Å². The van der Waals surface area contributed by atoms with Crippen LogP contribution in [0.5, 0.6) is 0 Å². The first-order valence-corrected chi connectivity index (χ1v) is 7.79. The first-order valence-electron chi connectivity index (χ1n) is 6.64. The molecular formula is C14H16F3NO2S. The van der Waals surface area contributed by atoms with Crippen LogP contribution in [0.3, 0.4) is 0 Å². The highest BCUT2D eigenvalue weighted by atomic mass is 32.2. The van der Waals surface area contributed by atoms with Crippen LogP contribution in [0.4, 0.5) is 18.9 Å². The molecule has 0 bridgehead atoms. The summed E-state index contributed by atoms with van der Waals surface area (Å²) in [5.41, 5.74) is -1.04. The molecule has 0 aliphatic carbocycles. The van der Waals surface area contributed by atoms with Gasteiger partial charge in [-0.1, -0.05) is 0 Å². The minimum atomic E-state index is -4.54. The summed E-state index contributed by atoms with van der Waals surface area (Å²) >= 11 is 1.89. The summed E-state index contributed by atoms with van der Waals surface area (Å²) in [7, 11) is 0. The normalized spacial score (nSPS) is 16.7. The number of halogens is 3. The van der Waals surface area contributed by atoms with Crippen molar-refractivity contribution in [3.8, 4) is 0 Å². The average Bonchev–Trinajstić information content (AvgIpc) is 2.45. The Hall–Kier alpha value is -1.37. The topological polar surface area (TPSA) is 49.3 Å². The number of thioether (sulfide) groups is 1. The Morgan fingerprint density at radius 3 is 2.57 bits per heavy atom. The van der Waals surface area contributed by atoms with Crippen molar-refractivity contribution < 1.29 is 23.1 Å². The number of rotatable bonds is 4. The third-order valence-electron chi connectivity index (χ3n) is 3.50. The van der Waals surface area contributed by atoms with Gasteiger partial charge in [-0.05, 0) is 48.5 Å². The molecule has 0 saturated carbocycles. The smallest absolute Gasteiger partial charge is 0.416 e. The Kier molecular flexibility index (Phi) is 5.03. The van der Waals surface area contributed by atoms with Crippen molar-refractivity contribution in [1.82, 2.24) is 0 Å². The molecule has 3 nitrogen and oxygen atoms in total. The van der Waals surface area contributed by atoms with E-state index >= 15 is 0 Å². The lowest BCUT2D eigenvalue weighted by atomic mass is 10.0. The van der Waals surface area contributed by atoms with E-state index in [0.29, 0.717) is 18.5 Å². The van der Waals surface area contributed by atoms with Crippen LogP contribution in [0.25, 0.3) is 0 Å². The maximum absolute atomic E-state index is 12.6. The maximum Gasteiger partial charge on any atom is 0.416 e. The van der Waals surface area contributed by atoms with Crippen LogP contribution in [0.2, 0.25) is 0 Å². The maximum atomic E-state index is 12.6. The van der Waals surface area contributed by atoms with E-state index in [0.717, 1.165) is 30.4 Å². The molecule has 0 unspecified atom stereocenters. The molecule has 1 saturated heterocycles. The van der Waals surface area contributed by atoms with E-state index in [9.17, 15) is 18.0 Å². The minimum Gasteiger partial charge on any atom is -0.478 e. The first kappa shape index (κ1) is 16.0. The fourth-order valence-electron chi connectivity index (χ4n) is 2.26. The Morgan fingerprint density at radius 1 is 1.33 bits per heavy atom. The predicted octanol–water partition coefficient (Wildman–Crippen LogP) is 3.96. The second-order valence-electron chi connectivity index (χ2n) is 5.00. The lowest BCUT2D eigenvalue weighted by molar-refractivity contribution is -0.137. The molecule has 0 aromatic heterocycles. The van der Waals surface area contributed by atoms with Crippen molar-refractivity contribution >= 4 is 23.4 Å². The van der Waals surface area contributed by atoms with Crippen molar-refractivity contribution in [1.29, 1.82) is 0 Å². The summed E-state index contributed by atoms with van der Waals surface area (Å²) in [6.45, 7) is 0.589. The van der Waals surface area contributed by atoms with E-state index in [4.69, 9.17) is 5.11 Å². The molecule has 0 amide bonds. The molecule has 116 valence electrons. The number of benzene rings is 1. The number of alkyl halides is 3. The van der Waals surface area contributed by atoms with Crippen molar-refractivity contribution in [2.75, 3.05) is 23.4 Å². The molecule has 0 spiro atoms. The lowest BCUT2D eigenvalue weighted by Gasteiger charge is -2.22. The van der Waals surface area contributed by atoms with Gasteiger partial charge in [0.25, 0.3) is 0 Å². The van der Waals surface area contributed by atoms with Crippen LogP contribution in [0, 0.1) is 5.92 Å². The number of carboxylic acids is 1. The zero-order valence-electron chi connectivity index (χ0n) is 11.2. The molecule has 2 N–H and O–H groups in total. The minimum absolute atomic E-state index is 0.244. The number of nitrogens with one attached hydrogen (secondary N) is 1. The quantitative estimate of drug-likeness (QED) is 0.882. The molecule has 1 fully saturated rings. The SMILES string of the molecule is O=C(O)c1cc(C(F)(F)F)ccc1NCC1CCSCC1. The highest BCUT2D eigenvalue weighted by Crippen LogP contribution is 2.32. The summed E-state index contributed by atoms with van der Waals surface area (Å²) in [6, 6.07) is 2.79. The molecule has 1 aromatic rings. The fourth-order valence-corrected chi connectivity index (χ4v) is 3.46. The van der Waals surface area contributed by atoms with Gasteiger partial charge in [0.1, 0.15) is 0 Å². The highest BCUT2D eigenvalue weighted by Gasteiger charge is 2.31. The van der Waals surface area contributed by atoms with E-state index in [1.807, 2.05) is 11.8 Å². The highest BCUT2D eigenvalue weighted by molar-refractivity contribution is 7.99. The molecule has 1 aliphatic rings. The van der Waals surface area contributed by atoms with Gasteiger partial charge < -0.3 is 10.4 Å². The fraction of sp³-hybridized carbons (Fsp3) is 0.500. The number of carboxylic acid groups (broad SMARTS) is 1. The van der Waals surface area contributed by atoms with Gasteiger partial charge >= 0.3 is 12.1 Å². The Balaban J connectivity index is 2.12. The molecule has 0 atom stereocenters. The molecule has 1 aliphatic heterocycles. The standard InChI is InChI=1S/C14H16F3NO2S/c15-14(16,17)10-1-2-12(11(7-10)13(19)20)18-8-9-3-5-21-6-4-9/h1-2,7,9,18H,3-6,8H2,(H,19,20). The zero-order valence-corrected chi connectivity index (χ0v) is 12.1. The summed E-state index contributed by atoms with van der Waals surface area (Å²) in [4.78, 5) is 11.1. The zero-order chi connectivity index (χ0) is 15.5. The summed E-state index contributed by atoms with van der Waals surface area (Å²) in [5.74, 6) is 1.23. The third kappa shape index (κ3) is 4.30. The van der Waals surface area contributed by atoms with Crippen LogP contribution in [-0.4, -0.2) is 29.1 Å². The van der Waals surface area contributed by atoms with Crippen LogP contribution < -0.4 is 5.32 Å². The Bertz CT molecular complexity index is 513. The van der Waals surface area contributed by atoms with Gasteiger partial charge in [0, 0.05) is 12.2 Å². The summed E-state index contributed by atoms with van der Waals surface area (Å²) in [5, 5.41) is 12.1. The Labute approximate surface area is 124 Å². The van der Waals surface area contributed by atoms with Gasteiger partial charge in [-0.15, -0.1) is 0 Å². The summed E-state index contributed by atoms with van der Waals surface area (Å²) in [6.07, 6.45) is -2.45. The van der Waals surface area contributed by atoms with Gasteiger partial charge in [0.05, 0.1) is 11.1 Å². The van der Waals surface area contributed by atoms with Crippen molar-refractivity contribution in [2.24, 2.45) is 5.92 Å². The Morgan fingerprint density at radius 2 is 2.00 bits per heavy atom. The molecular weight excluding hydrogens is 303 g/mol. The van der Waals surface area contributed by atoms with Crippen molar-refractivity contribution in [3.63, 3.8) is 0 Å². The summed E-state index contributed by atoms with van der Waals surface area (Å²) < 4.78 is 37.9. The van der Waals surface area contributed by atoms with Gasteiger partial charge in [-0.25, -0.2) is 4.79 Å². The second-order valence-corrected chi connectivity index (χ2v) is 6.22. The van der Waals surface area contributed by atoms with Crippen molar-refractivity contribution in [2.45, 2.75) is 19.0 Å². The number of hydrogen-bond donors (Lipinski definition) is 2. The number of hydrogen-bond acceptors (Lipinski definition) is 3. The predicted molar refractivity (Wildman–Crippen MR) is 76.9 cm³/mol. The van der Waals surface area contributed by atoms with E-state index in [2.05, 4.69) is 5.32 Å². The van der Waals surface area contributed by atoms with Gasteiger partial charge in [-0.2, -0.15) is 24.9 Å². The monoisotopic (exact) mass is 319 g/mol. The largest absolute Gasteiger partial charge is 0.478 e. The second kappa shape index (κ2) is 6.60. The van der Waals surface area contributed by atoms with Crippen LogP contribution >= 0.6 is 11.8 Å². The molecule has 1 heterocycles. The lowest BCUT2D eigenvalue weighted by Crippen LogP contribution is -2.20. The van der Waals surface area contributed by atoms with E-state index in [1.54, 1.807) is 0 Å². The first-order chi connectivity index (χ1) is 9.88. The van der Waals surface area contributed by atoms with E-state index < -0.39 is 17.7 Å².